The van der Waals surface area contributed by atoms with Gasteiger partial charge in [0.25, 0.3) is 0 Å². The van der Waals surface area contributed by atoms with Gasteiger partial charge >= 0.3 is 0 Å². The smallest absolute Gasteiger partial charge is 0.240 e. The zero-order valence-electron chi connectivity index (χ0n) is 18.7. The number of carbonyl (C=O) groups excluding carboxylic acids is 3. The molecule has 6 rings (SSSR count). The highest BCUT2D eigenvalue weighted by atomic mass is 35.5. The summed E-state index contributed by atoms with van der Waals surface area (Å²) >= 11 is 6.16. The third kappa shape index (κ3) is 3.19. The quantitative estimate of drug-likeness (QED) is 0.410. The van der Waals surface area contributed by atoms with Crippen LogP contribution in [0.4, 0.5) is 5.69 Å². The lowest BCUT2D eigenvalue weighted by Crippen LogP contribution is -2.44. The third-order valence-corrected chi connectivity index (χ3v) is 7.24. The number of hydrazone groups is 1. The van der Waals surface area contributed by atoms with E-state index in [1.807, 2.05) is 24.3 Å². The van der Waals surface area contributed by atoms with Crippen molar-refractivity contribution < 1.29 is 19.1 Å². The van der Waals surface area contributed by atoms with E-state index in [1.165, 1.54) is 4.90 Å². The van der Waals surface area contributed by atoms with Gasteiger partial charge in [0.05, 0.1) is 36.9 Å². The van der Waals surface area contributed by atoms with Gasteiger partial charge in [-0.1, -0.05) is 41.9 Å². The molecule has 3 aromatic carbocycles. The predicted octanol–water partition coefficient (Wildman–Crippen LogP) is 4.11. The summed E-state index contributed by atoms with van der Waals surface area (Å²) in [6, 6.07) is 19.5. The molecule has 0 aromatic heterocycles. The number of halogens is 1. The van der Waals surface area contributed by atoms with Crippen molar-refractivity contribution in [2.45, 2.75) is 12.1 Å². The van der Waals surface area contributed by atoms with Gasteiger partial charge in [-0.3, -0.25) is 19.4 Å². The van der Waals surface area contributed by atoms with E-state index in [1.54, 1.807) is 66.9 Å². The van der Waals surface area contributed by atoms with Crippen LogP contribution in [0.2, 0.25) is 5.02 Å². The fourth-order valence-electron chi connectivity index (χ4n) is 5.46. The molecule has 0 radical (unpaired) electrons. The molecule has 0 bridgehead atoms. The second-order valence-corrected chi connectivity index (χ2v) is 9.22. The minimum atomic E-state index is -0.927. The molecule has 8 heteroatoms. The van der Waals surface area contributed by atoms with Gasteiger partial charge in [-0.05, 0) is 53.6 Å². The Balaban J connectivity index is 1.48. The number of imide groups is 1. The van der Waals surface area contributed by atoms with Gasteiger partial charge in [-0.15, -0.1) is 0 Å². The number of carbonyl (C=O) groups is 3. The summed E-state index contributed by atoms with van der Waals surface area (Å²) in [5, 5.41) is 6.64. The van der Waals surface area contributed by atoms with E-state index in [-0.39, 0.29) is 11.7 Å². The van der Waals surface area contributed by atoms with Gasteiger partial charge in [0, 0.05) is 10.6 Å². The molecule has 0 saturated carbocycles. The average Bonchev–Trinajstić information content (AvgIpc) is 3.36. The summed E-state index contributed by atoms with van der Waals surface area (Å²) in [5.74, 6) is -2.06. The van der Waals surface area contributed by atoms with E-state index in [2.05, 4.69) is 5.10 Å². The lowest BCUT2D eigenvalue weighted by molar-refractivity contribution is -0.124. The van der Waals surface area contributed by atoms with Crippen LogP contribution < -0.4 is 9.64 Å². The Morgan fingerprint density at radius 3 is 2.43 bits per heavy atom. The van der Waals surface area contributed by atoms with Gasteiger partial charge in [-0.25, -0.2) is 4.90 Å². The van der Waals surface area contributed by atoms with E-state index < -0.39 is 29.8 Å². The molecule has 2 saturated heterocycles. The molecule has 0 N–H and O–H groups in total. The van der Waals surface area contributed by atoms with Crippen molar-refractivity contribution in [1.82, 2.24) is 5.01 Å². The molecule has 2 fully saturated rings. The second-order valence-electron chi connectivity index (χ2n) is 8.78. The molecule has 7 nitrogen and oxygen atoms in total. The van der Waals surface area contributed by atoms with Crippen LogP contribution in [-0.4, -0.2) is 42.0 Å². The lowest BCUT2D eigenvalue weighted by Gasteiger charge is -2.33. The van der Waals surface area contributed by atoms with Crippen LogP contribution in [0.3, 0.4) is 0 Å². The number of benzene rings is 3. The van der Waals surface area contributed by atoms with E-state index >= 15 is 0 Å². The third-order valence-electron chi connectivity index (χ3n) is 7.00. The first-order valence-electron chi connectivity index (χ1n) is 11.2. The first-order valence-corrected chi connectivity index (χ1v) is 11.6. The molecule has 3 aliphatic rings. The normalized spacial score (nSPS) is 24.3. The highest BCUT2D eigenvalue weighted by Crippen LogP contribution is 2.53. The van der Waals surface area contributed by atoms with Crippen LogP contribution in [0, 0.1) is 11.8 Å². The van der Waals surface area contributed by atoms with Crippen molar-refractivity contribution in [2.24, 2.45) is 16.9 Å². The number of amides is 2. The Kier molecular flexibility index (Phi) is 4.96. The number of methoxy groups -OCH3 is 1. The van der Waals surface area contributed by atoms with Crippen molar-refractivity contribution in [3.8, 4) is 5.75 Å². The van der Waals surface area contributed by atoms with Crippen LogP contribution in [0.5, 0.6) is 5.75 Å². The number of Topliss-reactive ketones (excluding diaryl/α,β-unsaturated/α-hetero) is 1. The SMILES string of the molecule is COc1ccc(C(=O)[C@H]2[C@H]3C(=O)N(c4cccc(Cl)c4)C(=O)[C@@H]3[C@H]3c4ccccc4C=NN32)cc1. The number of rotatable bonds is 4. The number of hydrogen-bond donors (Lipinski definition) is 0. The summed E-state index contributed by atoms with van der Waals surface area (Å²) < 4.78 is 5.21. The molecular formula is C27H20ClN3O4. The molecule has 0 aliphatic carbocycles. The maximum absolute atomic E-state index is 13.8. The first-order chi connectivity index (χ1) is 17.0. The Morgan fingerprint density at radius 2 is 1.69 bits per heavy atom. The van der Waals surface area contributed by atoms with Gasteiger partial charge < -0.3 is 4.74 Å². The van der Waals surface area contributed by atoms with Gasteiger partial charge in [-0.2, -0.15) is 5.10 Å². The Morgan fingerprint density at radius 1 is 0.943 bits per heavy atom. The molecule has 174 valence electrons. The minimum absolute atomic E-state index is 0.268. The molecule has 4 atom stereocenters. The second kappa shape index (κ2) is 8.06. The van der Waals surface area contributed by atoms with Crippen LogP contribution >= 0.6 is 11.6 Å². The largest absolute Gasteiger partial charge is 0.497 e. The van der Waals surface area contributed by atoms with Crippen molar-refractivity contribution in [2.75, 3.05) is 12.0 Å². The topological polar surface area (TPSA) is 79.3 Å². The number of fused-ring (bicyclic) bond motifs is 5. The van der Waals surface area contributed by atoms with Gasteiger partial charge in [0.1, 0.15) is 11.8 Å². The molecule has 2 amide bonds. The number of nitrogens with zero attached hydrogens (tertiary/aromatic N) is 3. The predicted molar refractivity (Wildman–Crippen MR) is 131 cm³/mol. The Hall–Kier alpha value is -3.97. The summed E-state index contributed by atoms with van der Waals surface area (Å²) in [6.07, 6.45) is 1.69. The molecular weight excluding hydrogens is 466 g/mol. The molecule has 3 heterocycles. The molecule has 0 spiro atoms. The van der Waals surface area contributed by atoms with Crippen LogP contribution in [-0.2, 0) is 9.59 Å². The van der Waals surface area contributed by atoms with E-state index in [0.29, 0.717) is 22.0 Å². The standard InChI is InChI=1S/C27H20ClN3O4/c1-35-19-11-9-15(10-12-19)25(32)24-22-21(23-20-8-3-2-5-16(20)14-29-31(23)24)26(33)30(27(22)34)18-7-4-6-17(28)13-18/h2-14,21-24H,1H3/t21-,22-,23+,24+/m0/s1. The number of anilines is 1. The Bertz CT molecular complexity index is 1400. The summed E-state index contributed by atoms with van der Waals surface area (Å²) in [5.41, 5.74) is 2.56. The molecule has 0 unspecified atom stereocenters. The van der Waals surface area contributed by atoms with E-state index in [4.69, 9.17) is 16.3 Å². The van der Waals surface area contributed by atoms with Gasteiger partial charge in [0.15, 0.2) is 5.78 Å². The highest BCUT2D eigenvalue weighted by Gasteiger charge is 2.65. The van der Waals surface area contributed by atoms with E-state index in [0.717, 1.165) is 11.1 Å². The molecule has 3 aliphatic heterocycles. The van der Waals surface area contributed by atoms with Crippen LogP contribution in [0.1, 0.15) is 27.5 Å². The van der Waals surface area contributed by atoms with Crippen molar-refractivity contribution in [3.05, 3.63) is 94.5 Å². The maximum Gasteiger partial charge on any atom is 0.240 e. The minimum Gasteiger partial charge on any atom is -0.497 e. The van der Waals surface area contributed by atoms with E-state index in [9.17, 15) is 14.4 Å². The highest BCUT2D eigenvalue weighted by molar-refractivity contribution is 6.31. The molecule has 35 heavy (non-hydrogen) atoms. The maximum atomic E-state index is 13.8. The summed E-state index contributed by atoms with van der Waals surface area (Å²) in [7, 11) is 1.55. The fourth-order valence-corrected chi connectivity index (χ4v) is 5.65. The summed E-state index contributed by atoms with van der Waals surface area (Å²) in [6.45, 7) is 0. The van der Waals surface area contributed by atoms with Gasteiger partial charge in [0.2, 0.25) is 11.8 Å². The zero-order valence-corrected chi connectivity index (χ0v) is 19.4. The first kappa shape index (κ1) is 21.6. The number of ether oxygens (including phenoxy) is 1. The number of ketones is 1. The fraction of sp³-hybridized carbons (Fsp3) is 0.185. The van der Waals surface area contributed by atoms with Crippen molar-refractivity contribution >= 4 is 41.1 Å². The number of hydrogen-bond acceptors (Lipinski definition) is 6. The summed E-state index contributed by atoms with van der Waals surface area (Å²) in [4.78, 5) is 42.7. The molecule has 3 aromatic rings. The average molecular weight is 486 g/mol. The Labute approximate surface area is 206 Å². The van der Waals surface area contributed by atoms with Crippen molar-refractivity contribution in [1.29, 1.82) is 0 Å². The monoisotopic (exact) mass is 485 g/mol. The zero-order chi connectivity index (χ0) is 24.3. The van der Waals surface area contributed by atoms with Crippen LogP contribution in [0.25, 0.3) is 0 Å². The lowest BCUT2D eigenvalue weighted by atomic mass is 9.83. The van der Waals surface area contributed by atoms with Crippen molar-refractivity contribution in [3.63, 3.8) is 0 Å². The van der Waals surface area contributed by atoms with Crippen LogP contribution in [0.15, 0.2) is 77.9 Å².